The molecule has 0 saturated heterocycles. The molecule has 106 valence electrons. The lowest BCUT2D eigenvalue weighted by Crippen LogP contribution is -2.19. The molecule has 2 rings (SSSR count). The van der Waals surface area contributed by atoms with E-state index in [0.29, 0.717) is 12.0 Å². The van der Waals surface area contributed by atoms with Crippen molar-refractivity contribution in [1.82, 2.24) is 9.97 Å². The first-order valence-corrected chi connectivity index (χ1v) is 7.34. The van der Waals surface area contributed by atoms with E-state index < -0.39 is 0 Å². The normalized spacial score (nSPS) is 16.5. The molecule has 0 radical (unpaired) electrons. The summed E-state index contributed by atoms with van der Waals surface area (Å²) in [6.45, 7) is 8.57. The maximum Gasteiger partial charge on any atom is 0.135 e. The van der Waals surface area contributed by atoms with Gasteiger partial charge in [0.15, 0.2) is 0 Å². The van der Waals surface area contributed by atoms with Crippen LogP contribution in [0.25, 0.3) is 0 Å². The third-order valence-corrected chi connectivity index (χ3v) is 3.68. The molecule has 1 aromatic rings. The van der Waals surface area contributed by atoms with Crippen molar-refractivity contribution in [3.8, 4) is 0 Å². The van der Waals surface area contributed by atoms with Gasteiger partial charge in [-0.05, 0) is 26.2 Å². The molecular weight excluding hydrogens is 236 g/mol. The highest BCUT2D eigenvalue weighted by atomic mass is 15.1. The first-order chi connectivity index (χ1) is 9.01. The molecule has 1 fully saturated rings. The Morgan fingerprint density at radius 1 is 1.16 bits per heavy atom. The lowest BCUT2D eigenvalue weighted by molar-refractivity contribution is 0.637. The van der Waals surface area contributed by atoms with E-state index >= 15 is 0 Å². The molecule has 0 aliphatic heterocycles. The van der Waals surface area contributed by atoms with Crippen LogP contribution in [-0.2, 0) is 0 Å². The summed E-state index contributed by atoms with van der Waals surface area (Å²) in [5.41, 5.74) is 1.11. The minimum Gasteiger partial charge on any atom is -0.373 e. The molecule has 1 aliphatic rings. The third kappa shape index (κ3) is 3.58. The number of hydrogen-bond acceptors (Lipinski definition) is 4. The Hall–Kier alpha value is -1.32. The Bertz CT molecular complexity index is 438. The van der Waals surface area contributed by atoms with E-state index in [2.05, 4.69) is 48.3 Å². The molecule has 1 aliphatic carbocycles. The zero-order valence-electron chi connectivity index (χ0n) is 12.7. The monoisotopic (exact) mass is 262 g/mol. The van der Waals surface area contributed by atoms with Gasteiger partial charge in [0.05, 0.1) is 0 Å². The van der Waals surface area contributed by atoms with Gasteiger partial charge in [0.25, 0.3) is 0 Å². The van der Waals surface area contributed by atoms with Gasteiger partial charge in [-0.25, -0.2) is 9.97 Å². The maximum absolute atomic E-state index is 4.69. The van der Waals surface area contributed by atoms with Gasteiger partial charge in [-0.2, -0.15) is 0 Å². The first-order valence-electron chi connectivity index (χ1n) is 7.34. The maximum atomic E-state index is 4.69. The molecule has 0 amide bonds. The fourth-order valence-electron chi connectivity index (χ4n) is 2.32. The molecule has 1 aromatic heterocycles. The Kier molecular flexibility index (Phi) is 4.27. The summed E-state index contributed by atoms with van der Waals surface area (Å²) in [6, 6.07) is 0.478. The summed E-state index contributed by atoms with van der Waals surface area (Å²) < 4.78 is 0. The third-order valence-electron chi connectivity index (χ3n) is 3.68. The van der Waals surface area contributed by atoms with Crippen LogP contribution in [0, 0.1) is 12.8 Å². The zero-order chi connectivity index (χ0) is 14.0. The van der Waals surface area contributed by atoms with Gasteiger partial charge >= 0.3 is 0 Å². The fourth-order valence-corrected chi connectivity index (χ4v) is 2.32. The van der Waals surface area contributed by atoms with Gasteiger partial charge in [-0.1, -0.05) is 26.7 Å². The van der Waals surface area contributed by atoms with Crippen molar-refractivity contribution in [2.24, 2.45) is 5.92 Å². The van der Waals surface area contributed by atoms with Crippen molar-refractivity contribution in [3.05, 3.63) is 11.4 Å². The number of rotatable bonds is 6. The van der Waals surface area contributed by atoms with Gasteiger partial charge in [0, 0.05) is 24.6 Å². The minimum atomic E-state index is 0.340. The lowest BCUT2D eigenvalue weighted by atomic mass is 10.1. The van der Waals surface area contributed by atoms with Crippen LogP contribution in [0.3, 0.4) is 0 Å². The van der Waals surface area contributed by atoms with E-state index in [9.17, 15) is 0 Å². The standard InChI is InChI=1S/C15H26N4/c1-9(2)13-18-14(16-5)11(4)15(19-13)17-10(3)8-12-6-7-12/h9-10,12H,6-8H2,1-5H3,(H2,16,17,18,19). The topological polar surface area (TPSA) is 49.8 Å². The summed E-state index contributed by atoms with van der Waals surface area (Å²) >= 11 is 0. The van der Waals surface area contributed by atoms with Crippen LogP contribution in [0.4, 0.5) is 11.6 Å². The van der Waals surface area contributed by atoms with Gasteiger partial charge in [0.1, 0.15) is 17.5 Å². The molecule has 1 saturated carbocycles. The quantitative estimate of drug-likeness (QED) is 0.823. The second-order valence-corrected chi connectivity index (χ2v) is 6.03. The minimum absolute atomic E-state index is 0.340. The Morgan fingerprint density at radius 2 is 1.79 bits per heavy atom. The second-order valence-electron chi connectivity index (χ2n) is 6.03. The summed E-state index contributed by atoms with van der Waals surface area (Å²) in [6.07, 6.45) is 4.04. The lowest BCUT2D eigenvalue weighted by Gasteiger charge is -2.19. The molecule has 0 aromatic carbocycles. The first kappa shape index (κ1) is 14.1. The Balaban J connectivity index is 2.18. The van der Waals surface area contributed by atoms with Crippen LogP contribution in [0.1, 0.15) is 57.3 Å². The van der Waals surface area contributed by atoms with Gasteiger partial charge in [0.2, 0.25) is 0 Å². The predicted molar refractivity (Wildman–Crippen MR) is 80.8 cm³/mol. The molecule has 19 heavy (non-hydrogen) atoms. The van der Waals surface area contributed by atoms with E-state index in [1.54, 1.807) is 0 Å². The van der Waals surface area contributed by atoms with Crippen LogP contribution in [-0.4, -0.2) is 23.1 Å². The van der Waals surface area contributed by atoms with E-state index in [-0.39, 0.29) is 0 Å². The molecular formula is C15H26N4. The van der Waals surface area contributed by atoms with Crippen molar-refractivity contribution in [1.29, 1.82) is 0 Å². The van der Waals surface area contributed by atoms with Crippen molar-refractivity contribution in [3.63, 3.8) is 0 Å². The van der Waals surface area contributed by atoms with E-state index in [4.69, 9.17) is 0 Å². The van der Waals surface area contributed by atoms with Crippen LogP contribution < -0.4 is 10.6 Å². The van der Waals surface area contributed by atoms with Crippen molar-refractivity contribution >= 4 is 11.6 Å². The van der Waals surface area contributed by atoms with Crippen LogP contribution >= 0.6 is 0 Å². The second kappa shape index (κ2) is 5.76. The smallest absolute Gasteiger partial charge is 0.135 e. The number of nitrogens with zero attached hydrogens (tertiary/aromatic N) is 2. The highest BCUT2D eigenvalue weighted by Crippen LogP contribution is 2.34. The highest BCUT2D eigenvalue weighted by molar-refractivity contribution is 5.57. The molecule has 1 atom stereocenters. The number of aromatic nitrogens is 2. The molecule has 1 unspecified atom stereocenters. The van der Waals surface area contributed by atoms with E-state index in [1.165, 1.54) is 19.3 Å². The van der Waals surface area contributed by atoms with Gasteiger partial charge < -0.3 is 10.6 Å². The van der Waals surface area contributed by atoms with Crippen molar-refractivity contribution in [2.45, 2.75) is 58.9 Å². The number of hydrogen-bond donors (Lipinski definition) is 2. The van der Waals surface area contributed by atoms with E-state index in [1.807, 2.05) is 7.05 Å². The predicted octanol–water partition coefficient (Wildman–Crippen LogP) is 3.55. The molecule has 4 heteroatoms. The Labute approximate surface area is 116 Å². The number of anilines is 2. The average Bonchev–Trinajstić information content (AvgIpc) is 3.15. The molecule has 2 N–H and O–H groups in total. The molecule has 4 nitrogen and oxygen atoms in total. The number of nitrogens with one attached hydrogen (secondary N) is 2. The molecule has 1 heterocycles. The van der Waals surface area contributed by atoms with Crippen LogP contribution in [0.5, 0.6) is 0 Å². The molecule has 0 spiro atoms. The fraction of sp³-hybridized carbons (Fsp3) is 0.733. The Morgan fingerprint density at radius 3 is 2.32 bits per heavy atom. The summed E-state index contributed by atoms with van der Waals surface area (Å²) in [4.78, 5) is 9.26. The molecule has 0 bridgehead atoms. The summed E-state index contributed by atoms with van der Waals surface area (Å²) in [5.74, 6) is 4.08. The van der Waals surface area contributed by atoms with Crippen LogP contribution in [0.15, 0.2) is 0 Å². The van der Waals surface area contributed by atoms with Crippen molar-refractivity contribution in [2.75, 3.05) is 17.7 Å². The SMILES string of the molecule is CNc1nc(C(C)C)nc(NC(C)CC2CC2)c1C. The largest absolute Gasteiger partial charge is 0.373 e. The van der Waals surface area contributed by atoms with Gasteiger partial charge in [-0.15, -0.1) is 0 Å². The van der Waals surface area contributed by atoms with Crippen LogP contribution in [0.2, 0.25) is 0 Å². The highest BCUT2D eigenvalue weighted by Gasteiger charge is 2.24. The van der Waals surface area contributed by atoms with Gasteiger partial charge in [-0.3, -0.25) is 0 Å². The average molecular weight is 262 g/mol. The summed E-state index contributed by atoms with van der Waals surface area (Å²) in [5, 5.41) is 6.73. The van der Waals surface area contributed by atoms with E-state index in [0.717, 1.165) is 28.9 Å². The van der Waals surface area contributed by atoms with Crippen molar-refractivity contribution < 1.29 is 0 Å². The summed E-state index contributed by atoms with van der Waals surface area (Å²) in [7, 11) is 1.91. The zero-order valence-corrected chi connectivity index (χ0v) is 12.7.